The van der Waals surface area contributed by atoms with E-state index in [2.05, 4.69) is 37.4 Å². The van der Waals surface area contributed by atoms with Gasteiger partial charge >= 0.3 is 5.97 Å². The number of fused-ring (bicyclic) bond motifs is 1. The molecular formula is C19H12BrN5O2. The van der Waals surface area contributed by atoms with Gasteiger partial charge in [-0.15, -0.1) is 0 Å². The van der Waals surface area contributed by atoms with Gasteiger partial charge in [0.05, 0.1) is 11.3 Å². The van der Waals surface area contributed by atoms with Gasteiger partial charge in [0.2, 0.25) is 0 Å². The lowest BCUT2D eigenvalue weighted by Crippen LogP contribution is -1.99. The highest BCUT2D eigenvalue weighted by Crippen LogP contribution is 2.34. The van der Waals surface area contributed by atoms with Crippen LogP contribution in [0.4, 0.5) is 11.5 Å². The lowest BCUT2D eigenvalue weighted by molar-refractivity contribution is 0.0697. The number of nitrogens with zero attached hydrogens (tertiary/aromatic N) is 3. The Kier molecular flexibility index (Phi) is 4.14. The van der Waals surface area contributed by atoms with Gasteiger partial charge in [-0.25, -0.2) is 14.3 Å². The molecule has 0 aliphatic rings. The summed E-state index contributed by atoms with van der Waals surface area (Å²) in [6.07, 6.45) is 1.59. The number of aromatic carboxylic acids is 1. The summed E-state index contributed by atoms with van der Waals surface area (Å²) in [5.74, 6) is -0.349. The Labute approximate surface area is 162 Å². The third-order valence-electron chi connectivity index (χ3n) is 4.11. The molecule has 0 spiro atoms. The summed E-state index contributed by atoms with van der Waals surface area (Å²) < 4.78 is 2.57. The minimum absolute atomic E-state index is 0.196. The molecule has 132 valence electrons. The van der Waals surface area contributed by atoms with Crippen LogP contribution in [0, 0.1) is 11.3 Å². The number of aromatic nitrogens is 3. The zero-order valence-electron chi connectivity index (χ0n) is 13.8. The predicted molar refractivity (Wildman–Crippen MR) is 104 cm³/mol. The Morgan fingerprint density at radius 2 is 1.96 bits per heavy atom. The van der Waals surface area contributed by atoms with E-state index in [4.69, 9.17) is 5.11 Å². The molecule has 0 amide bonds. The molecule has 0 unspecified atom stereocenters. The molecule has 4 aromatic rings. The second kappa shape index (κ2) is 6.63. The summed E-state index contributed by atoms with van der Waals surface area (Å²) in [6, 6.07) is 16.2. The number of rotatable bonds is 4. The summed E-state index contributed by atoms with van der Waals surface area (Å²) in [6.45, 7) is 0. The van der Waals surface area contributed by atoms with Crippen LogP contribution in [-0.4, -0.2) is 25.7 Å². The highest BCUT2D eigenvalue weighted by atomic mass is 79.9. The van der Waals surface area contributed by atoms with Gasteiger partial charge in [-0.2, -0.15) is 5.26 Å². The van der Waals surface area contributed by atoms with Gasteiger partial charge in [-0.3, -0.25) is 5.10 Å². The number of para-hydroxylation sites is 1. The van der Waals surface area contributed by atoms with Crippen molar-refractivity contribution in [2.75, 3.05) is 5.32 Å². The summed E-state index contributed by atoms with van der Waals surface area (Å²) in [7, 11) is 0. The average Bonchev–Trinajstić information content (AvgIpc) is 3.23. The van der Waals surface area contributed by atoms with Crippen LogP contribution in [0.5, 0.6) is 0 Å². The summed E-state index contributed by atoms with van der Waals surface area (Å²) in [5.41, 5.74) is 3.27. The van der Waals surface area contributed by atoms with Crippen LogP contribution in [-0.2, 0) is 0 Å². The van der Waals surface area contributed by atoms with Crippen LogP contribution in [0.3, 0.4) is 0 Å². The molecule has 0 bridgehead atoms. The van der Waals surface area contributed by atoms with Crippen LogP contribution in [0.2, 0.25) is 0 Å². The van der Waals surface area contributed by atoms with Crippen molar-refractivity contribution in [1.29, 1.82) is 5.26 Å². The van der Waals surface area contributed by atoms with E-state index in [0.717, 1.165) is 15.7 Å². The predicted octanol–water partition coefficient (Wildman–Crippen LogP) is 4.41. The molecule has 0 aliphatic heterocycles. The monoisotopic (exact) mass is 421 g/mol. The fraction of sp³-hybridized carbons (Fsp3) is 0. The first-order valence-corrected chi connectivity index (χ1v) is 8.73. The van der Waals surface area contributed by atoms with Crippen molar-refractivity contribution in [2.24, 2.45) is 0 Å². The molecular weight excluding hydrogens is 410 g/mol. The molecule has 7 nitrogen and oxygen atoms in total. The van der Waals surface area contributed by atoms with Crippen molar-refractivity contribution in [3.63, 3.8) is 0 Å². The maximum absolute atomic E-state index is 11.1. The van der Waals surface area contributed by atoms with Crippen LogP contribution in [0.1, 0.15) is 15.9 Å². The number of nitrogens with one attached hydrogen (secondary N) is 2. The van der Waals surface area contributed by atoms with Gasteiger partial charge in [0.25, 0.3) is 0 Å². The molecule has 3 N–H and O–H groups in total. The lowest BCUT2D eigenvalue weighted by atomic mass is 10.1. The van der Waals surface area contributed by atoms with Crippen molar-refractivity contribution in [2.45, 2.75) is 0 Å². The lowest BCUT2D eigenvalue weighted by Gasteiger charge is -2.10. The first kappa shape index (κ1) is 16.9. The van der Waals surface area contributed by atoms with E-state index in [1.165, 1.54) is 12.1 Å². The average molecular weight is 422 g/mol. The second-order valence-corrected chi connectivity index (χ2v) is 6.61. The number of hydrogen-bond donors (Lipinski definition) is 3. The highest BCUT2D eigenvalue weighted by Gasteiger charge is 2.19. The SMILES string of the molecule is N#Cc1c[nH]n2c(Nc3ccccc3Br)c(-c3ccc(C(=O)O)cc3)nc12. The molecule has 0 radical (unpaired) electrons. The Morgan fingerprint density at radius 1 is 1.22 bits per heavy atom. The third-order valence-corrected chi connectivity index (χ3v) is 4.80. The summed E-state index contributed by atoms with van der Waals surface area (Å²) in [4.78, 5) is 15.7. The minimum Gasteiger partial charge on any atom is -0.478 e. The van der Waals surface area contributed by atoms with Crippen LogP contribution in [0.25, 0.3) is 16.9 Å². The maximum Gasteiger partial charge on any atom is 0.335 e. The number of halogens is 1. The number of anilines is 2. The van der Waals surface area contributed by atoms with Gasteiger partial charge in [0, 0.05) is 16.2 Å². The molecule has 0 saturated carbocycles. The molecule has 27 heavy (non-hydrogen) atoms. The van der Waals surface area contributed by atoms with Crippen LogP contribution >= 0.6 is 15.9 Å². The molecule has 0 fully saturated rings. The van der Waals surface area contributed by atoms with E-state index in [0.29, 0.717) is 22.7 Å². The molecule has 8 heteroatoms. The number of aromatic amines is 1. The topological polar surface area (TPSA) is 106 Å². The Bertz CT molecular complexity index is 1200. The molecule has 4 rings (SSSR count). The number of carboxylic acid groups (broad SMARTS) is 1. The number of carboxylic acids is 1. The number of benzene rings is 2. The first-order valence-electron chi connectivity index (χ1n) is 7.93. The van der Waals surface area contributed by atoms with E-state index in [1.807, 2.05) is 24.3 Å². The molecule has 2 aromatic carbocycles. The first-order chi connectivity index (χ1) is 13.1. The normalized spacial score (nSPS) is 10.7. The summed E-state index contributed by atoms with van der Waals surface area (Å²) in [5, 5.41) is 24.8. The number of imidazole rings is 1. The van der Waals surface area contributed by atoms with Crippen LogP contribution < -0.4 is 5.32 Å². The standard InChI is InChI=1S/C19H12BrN5O2/c20-14-3-1-2-4-15(14)23-18-16(11-5-7-12(8-6-11)19(26)27)24-17-13(9-21)10-22-25(17)18/h1-8,10,22-23H,(H,26,27). The van der Waals surface area contributed by atoms with E-state index in [1.54, 1.807) is 22.8 Å². The zero-order chi connectivity index (χ0) is 19.0. The highest BCUT2D eigenvalue weighted by molar-refractivity contribution is 9.10. The van der Waals surface area contributed by atoms with E-state index in [9.17, 15) is 10.1 Å². The van der Waals surface area contributed by atoms with Gasteiger partial charge in [0.1, 0.15) is 17.3 Å². The van der Waals surface area contributed by atoms with Crippen molar-refractivity contribution in [3.05, 3.63) is 70.3 Å². The zero-order valence-corrected chi connectivity index (χ0v) is 15.4. The number of H-pyrrole nitrogens is 1. The Hall–Kier alpha value is -3.57. The third kappa shape index (κ3) is 2.94. The number of carbonyl (C=O) groups is 1. The van der Waals surface area contributed by atoms with Crippen molar-refractivity contribution < 1.29 is 9.90 Å². The van der Waals surface area contributed by atoms with E-state index in [-0.39, 0.29) is 5.56 Å². The fourth-order valence-corrected chi connectivity index (χ4v) is 3.16. The smallest absolute Gasteiger partial charge is 0.335 e. The van der Waals surface area contributed by atoms with Crippen LogP contribution in [0.15, 0.2) is 59.2 Å². The van der Waals surface area contributed by atoms with Crippen molar-refractivity contribution in [3.8, 4) is 17.3 Å². The Morgan fingerprint density at radius 3 is 2.63 bits per heavy atom. The van der Waals surface area contributed by atoms with E-state index < -0.39 is 5.97 Å². The minimum atomic E-state index is -0.989. The summed E-state index contributed by atoms with van der Waals surface area (Å²) >= 11 is 3.51. The molecule has 0 saturated heterocycles. The van der Waals surface area contributed by atoms with Gasteiger partial charge in [0.15, 0.2) is 11.5 Å². The molecule has 2 heterocycles. The fourth-order valence-electron chi connectivity index (χ4n) is 2.78. The van der Waals surface area contributed by atoms with Gasteiger partial charge in [-0.1, -0.05) is 24.3 Å². The molecule has 0 aliphatic carbocycles. The number of hydrogen-bond acceptors (Lipinski definition) is 4. The van der Waals surface area contributed by atoms with E-state index >= 15 is 0 Å². The quantitative estimate of drug-likeness (QED) is 0.452. The van der Waals surface area contributed by atoms with Gasteiger partial charge < -0.3 is 10.4 Å². The number of nitriles is 1. The molecule has 2 aromatic heterocycles. The maximum atomic E-state index is 11.1. The van der Waals surface area contributed by atoms with Gasteiger partial charge in [-0.05, 0) is 40.2 Å². The second-order valence-electron chi connectivity index (χ2n) is 5.75. The largest absolute Gasteiger partial charge is 0.478 e. The van der Waals surface area contributed by atoms with Crippen molar-refractivity contribution in [1.82, 2.24) is 14.6 Å². The Balaban J connectivity index is 1.89. The van der Waals surface area contributed by atoms with Crippen molar-refractivity contribution >= 4 is 39.1 Å². The molecule has 0 atom stereocenters.